The molecule has 0 bridgehead atoms. The first kappa shape index (κ1) is 32.8. The first-order valence-corrected chi connectivity index (χ1v) is 13.4. The molecule has 3 rings (SSSR count). The summed E-state index contributed by atoms with van der Waals surface area (Å²) in [6.07, 6.45) is 6.64. The van der Waals surface area contributed by atoms with Crippen LogP contribution in [0.25, 0.3) is 0 Å². The Morgan fingerprint density at radius 2 is 0.879 bits per heavy atom. The predicted octanol–water partition coefficient (Wildman–Crippen LogP) is 3.48. The molecule has 0 aromatic carbocycles. The molecular formula is C27H62N6. The third-order valence-electron chi connectivity index (χ3n) is 6.44. The summed E-state index contributed by atoms with van der Waals surface area (Å²) in [4.78, 5) is 7.18. The quantitative estimate of drug-likeness (QED) is 0.552. The van der Waals surface area contributed by atoms with Gasteiger partial charge < -0.3 is 30.7 Å². The van der Waals surface area contributed by atoms with Crippen LogP contribution in [0.2, 0.25) is 0 Å². The molecule has 0 aromatic rings. The fourth-order valence-electron chi connectivity index (χ4n) is 4.96. The van der Waals surface area contributed by atoms with E-state index in [-0.39, 0.29) is 7.43 Å². The first-order chi connectivity index (χ1) is 15.0. The van der Waals surface area contributed by atoms with Crippen molar-refractivity contribution in [3.63, 3.8) is 0 Å². The molecule has 0 radical (unpaired) electrons. The monoisotopic (exact) mass is 471 g/mol. The molecule has 0 amide bonds. The van der Waals surface area contributed by atoms with Crippen LogP contribution in [0.5, 0.6) is 0 Å². The van der Waals surface area contributed by atoms with E-state index in [1.54, 1.807) is 0 Å². The third-order valence-corrected chi connectivity index (χ3v) is 6.44. The number of likely N-dealkylation sites (tertiary alicyclic amines) is 3. The van der Waals surface area contributed by atoms with Gasteiger partial charge in [-0.15, -0.1) is 0 Å². The first-order valence-electron chi connectivity index (χ1n) is 13.4. The van der Waals surface area contributed by atoms with Crippen molar-refractivity contribution < 1.29 is 0 Å². The van der Waals surface area contributed by atoms with Crippen LogP contribution in [0.4, 0.5) is 0 Å². The molecule has 2 unspecified atom stereocenters. The van der Waals surface area contributed by atoms with Crippen LogP contribution < -0.4 is 16.0 Å². The number of hydrogen-bond donors (Lipinski definition) is 3. The summed E-state index contributed by atoms with van der Waals surface area (Å²) in [7, 11) is 6.59. The van der Waals surface area contributed by atoms with Gasteiger partial charge in [-0.25, -0.2) is 0 Å². The summed E-state index contributed by atoms with van der Waals surface area (Å²) in [5, 5.41) is 10.7. The van der Waals surface area contributed by atoms with Crippen molar-refractivity contribution in [2.45, 2.75) is 117 Å². The van der Waals surface area contributed by atoms with Crippen LogP contribution in [0, 0.1) is 0 Å². The number of nitrogens with one attached hydrogen (secondary N) is 3. The molecule has 0 aliphatic carbocycles. The second-order valence-corrected chi connectivity index (χ2v) is 11.4. The molecule has 33 heavy (non-hydrogen) atoms. The van der Waals surface area contributed by atoms with E-state index in [9.17, 15) is 0 Å². The fourth-order valence-corrected chi connectivity index (χ4v) is 4.96. The highest BCUT2D eigenvalue weighted by Gasteiger charge is 2.19. The van der Waals surface area contributed by atoms with Gasteiger partial charge in [0.2, 0.25) is 0 Å². The van der Waals surface area contributed by atoms with Crippen LogP contribution in [0.1, 0.15) is 81.1 Å². The lowest BCUT2D eigenvalue weighted by Gasteiger charge is -2.31. The second-order valence-electron chi connectivity index (χ2n) is 11.4. The highest BCUT2D eigenvalue weighted by atomic mass is 15.2. The SMILES string of the molecule is C.CC(C)NC1CCCN(C)C1.CC(C)NC1CCN(C)C1.CC(C)NC1CCN(C)CC1. The van der Waals surface area contributed by atoms with Crippen LogP contribution in [0.15, 0.2) is 0 Å². The number of rotatable bonds is 6. The van der Waals surface area contributed by atoms with Gasteiger partial charge in [0, 0.05) is 49.3 Å². The van der Waals surface area contributed by atoms with E-state index in [0.29, 0.717) is 18.1 Å². The summed E-state index contributed by atoms with van der Waals surface area (Å²) in [5.41, 5.74) is 0. The van der Waals surface area contributed by atoms with Crippen molar-refractivity contribution >= 4 is 0 Å². The molecule has 3 saturated heterocycles. The topological polar surface area (TPSA) is 45.8 Å². The summed E-state index contributed by atoms with van der Waals surface area (Å²) >= 11 is 0. The molecule has 0 saturated carbocycles. The minimum Gasteiger partial charge on any atom is -0.312 e. The van der Waals surface area contributed by atoms with E-state index in [4.69, 9.17) is 0 Å². The molecule has 3 N–H and O–H groups in total. The minimum absolute atomic E-state index is 0. The largest absolute Gasteiger partial charge is 0.312 e. The van der Waals surface area contributed by atoms with Crippen molar-refractivity contribution in [1.29, 1.82) is 0 Å². The van der Waals surface area contributed by atoms with Gasteiger partial charge >= 0.3 is 0 Å². The molecule has 3 heterocycles. The van der Waals surface area contributed by atoms with E-state index in [1.165, 1.54) is 71.4 Å². The Balaban J connectivity index is 0.000000459. The number of nitrogens with zero attached hydrogens (tertiary/aromatic N) is 3. The zero-order valence-corrected chi connectivity index (χ0v) is 23.1. The Bertz CT molecular complexity index is 446. The number of hydrogen-bond acceptors (Lipinski definition) is 6. The summed E-state index contributed by atoms with van der Waals surface area (Å²) in [6, 6.07) is 4.15. The van der Waals surface area contributed by atoms with Crippen LogP contribution in [-0.2, 0) is 0 Å². The van der Waals surface area contributed by atoms with E-state index >= 15 is 0 Å². The van der Waals surface area contributed by atoms with Gasteiger partial charge in [-0.1, -0.05) is 49.0 Å². The minimum atomic E-state index is 0. The fraction of sp³-hybridized carbons (Fsp3) is 1.00. The maximum absolute atomic E-state index is 3.58. The van der Waals surface area contributed by atoms with E-state index in [2.05, 4.69) is 93.3 Å². The van der Waals surface area contributed by atoms with E-state index in [0.717, 1.165) is 18.1 Å². The van der Waals surface area contributed by atoms with Crippen LogP contribution >= 0.6 is 0 Å². The smallest absolute Gasteiger partial charge is 0.0209 e. The lowest BCUT2D eigenvalue weighted by atomic mass is 10.1. The Hall–Kier alpha value is -0.240. The molecule has 200 valence electrons. The van der Waals surface area contributed by atoms with Crippen molar-refractivity contribution in [3.05, 3.63) is 0 Å². The molecule has 0 spiro atoms. The lowest BCUT2D eigenvalue weighted by Crippen LogP contribution is -2.46. The van der Waals surface area contributed by atoms with Crippen LogP contribution in [-0.4, -0.2) is 111 Å². The Kier molecular flexibility index (Phi) is 18.0. The standard InChI is InChI=1S/2C9H20N2.C8H18N2.CH4/c1-8(2)10-9-4-6-11(3)7-5-9;1-8(2)10-9-5-4-6-11(3)7-9;1-7(2)9-8-4-5-10(3)6-8;/h2*8-10H,4-7H2,1-3H3;7-9H,4-6H2,1-3H3;1H4. The zero-order valence-electron chi connectivity index (χ0n) is 23.1. The number of likely N-dealkylation sites (N-methyl/N-ethyl adjacent to an activating group) is 2. The van der Waals surface area contributed by atoms with Gasteiger partial charge in [0.15, 0.2) is 0 Å². The highest BCUT2D eigenvalue weighted by Crippen LogP contribution is 2.09. The maximum atomic E-state index is 3.58. The average molecular weight is 471 g/mol. The normalized spacial score (nSPS) is 25.5. The van der Waals surface area contributed by atoms with Crippen LogP contribution in [0.3, 0.4) is 0 Å². The molecule has 3 aliphatic rings. The van der Waals surface area contributed by atoms with Crippen molar-refractivity contribution in [1.82, 2.24) is 30.7 Å². The lowest BCUT2D eigenvalue weighted by molar-refractivity contribution is 0.220. The highest BCUT2D eigenvalue weighted by molar-refractivity contribution is 4.80. The Morgan fingerprint density at radius 3 is 1.30 bits per heavy atom. The second kappa shape index (κ2) is 18.1. The van der Waals surface area contributed by atoms with Crippen molar-refractivity contribution in [2.75, 3.05) is 60.4 Å². The average Bonchev–Trinajstić information content (AvgIpc) is 3.08. The number of piperidine rings is 2. The molecule has 3 fully saturated rings. The zero-order chi connectivity index (χ0) is 24.1. The van der Waals surface area contributed by atoms with Gasteiger partial charge in [0.25, 0.3) is 0 Å². The predicted molar refractivity (Wildman–Crippen MR) is 148 cm³/mol. The maximum Gasteiger partial charge on any atom is 0.0209 e. The molecule has 6 nitrogen and oxygen atoms in total. The van der Waals surface area contributed by atoms with E-state index < -0.39 is 0 Å². The third kappa shape index (κ3) is 16.9. The summed E-state index contributed by atoms with van der Waals surface area (Å²) < 4.78 is 0. The van der Waals surface area contributed by atoms with Gasteiger partial charge in [-0.3, -0.25) is 0 Å². The van der Waals surface area contributed by atoms with Gasteiger partial charge in [-0.2, -0.15) is 0 Å². The van der Waals surface area contributed by atoms with E-state index in [1.807, 2.05) is 0 Å². The summed E-state index contributed by atoms with van der Waals surface area (Å²) in [5.74, 6) is 0. The van der Waals surface area contributed by atoms with Gasteiger partial charge in [-0.05, 0) is 79.4 Å². The van der Waals surface area contributed by atoms with Crippen molar-refractivity contribution in [3.8, 4) is 0 Å². The Labute approximate surface area is 208 Å². The van der Waals surface area contributed by atoms with Gasteiger partial charge in [0.1, 0.15) is 0 Å². The molecule has 6 heteroatoms. The van der Waals surface area contributed by atoms with Gasteiger partial charge in [0.05, 0.1) is 0 Å². The summed E-state index contributed by atoms with van der Waals surface area (Å²) in [6.45, 7) is 20.8. The molecule has 0 aromatic heterocycles. The Morgan fingerprint density at radius 1 is 0.515 bits per heavy atom. The molecule has 3 aliphatic heterocycles. The molecule has 2 atom stereocenters. The van der Waals surface area contributed by atoms with Crippen molar-refractivity contribution in [2.24, 2.45) is 0 Å². The molecular weight excluding hydrogens is 408 g/mol.